The number of carbonyl (C=O) groups is 1. The molecule has 0 aliphatic carbocycles. The Bertz CT molecular complexity index is 682. The Balaban J connectivity index is 2.49. The molecular weight excluding hydrogens is 281 g/mol. The van der Waals surface area contributed by atoms with E-state index in [0.717, 1.165) is 23.8 Å². The van der Waals surface area contributed by atoms with Crippen LogP contribution in [0.5, 0.6) is 0 Å². The molecule has 120 valence electrons. The molecule has 1 aromatic heterocycles. The van der Waals surface area contributed by atoms with Gasteiger partial charge in [0, 0.05) is 11.6 Å². The van der Waals surface area contributed by atoms with Crippen molar-refractivity contribution in [2.75, 3.05) is 0 Å². The van der Waals surface area contributed by atoms with E-state index in [0.29, 0.717) is 11.4 Å². The summed E-state index contributed by atoms with van der Waals surface area (Å²) in [5.41, 5.74) is 1.11. The summed E-state index contributed by atoms with van der Waals surface area (Å²) >= 11 is 0. The first-order chi connectivity index (χ1) is 10.2. The van der Waals surface area contributed by atoms with Crippen LogP contribution in [0.1, 0.15) is 46.6 Å². The highest BCUT2D eigenvalue weighted by Crippen LogP contribution is 2.26. The second-order valence-electron chi connectivity index (χ2n) is 6.88. The van der Waals surface area contributed by atoms with Crippen LogP contribution in [0, 0.1) is 11.7 Å². The summed E-state index contributed by atoms with van der Waals surface area (Å²) < 4.78 is 20.5. The smallest absolute Gasteiger partial charge is 0.419 e. The summed E-state index contributed by atoms with van der Waals surface area (Å²) in [6.07, 6.45) is 3.20. The number of fused-ring (bicyclic) bond motifs is 1. The van der Waals surface area contributed by atoms with Crippen molar-refractivity contribution in [3.63, 3.8) is 0 Å². The molecule has 22 heavy (non-hydrogen) atoms. The van der Waals surface area contributed by atoms with Gasteiger partial charge in [0.05, 0.1) is 5.52 Å². The molecule has 0 bridgehead atoms. The van der Waals surface area contributed by atoms with Crippen LogP contribution in [-0.2, 0) is 11.2 Å². The number of rotatable bonds is 3. The molecule has 4 heteroatoms. The first-order valence-corrected chi connectivity index (χ1v) is 7.74. The number of aromatic nitrogens is 1. The summed E-state index contributed by atoms with van der Waals surface area (Å²) in [5.74, 6) is 0.181. The molecule has 0 spiro atoms. The number of carbonyl (C=O) groups excluding carboxylic acids is 1. The van der Waals surface area contributed by atoms with Gasteiger partial charge in [0.15, 0.2) is 0 Å². The second-order valence-corrected chi connectivity index (χ2v) is 6.88. The minimum Gasteiger partial charge on any atom is -0.443 e. The lowest BCUT2D eigenvalue weighted by Gasteiger charge is -2.19. The van der Waals surface area contributed by atoms with Gasteiger partial charge < -0.3 is 4.74 Å². The van der Waals surface area contributed by atoms with Crippen molar-refractivity contribution in [2.45, 2.75) is 53.1 Å². The monoisotopic (exact) mass is 305 g/mol. The van der Waals surface area contributed by atoms with Crippen molar-refractivity contribution in [1.82, 2.24) is 4.57 Å². The van der Waals surface area contributed by atoms with E-state index in [4.69, 9.17) is 4.74 Å². The molecule has 0 saturated carbocycles. The predicted octanol–water partition coefficient (Wildman–Crippen LogP) is 5.15. The maximum atomic E-state index is 13.6. The van der Waals surface area contributed by atoms with E-state index < -0.39 is 11.7 Å². The van der Waals surface area contributed by atoms with Gasteiger partial charge in [-0.05, 0) is 56.9 Å². The Morgan fingerprint density at radius 2 is 2.05 bits per heavy atom. The van der Waals surface area contributed by atoms with Crippen molar-refractivity contribution < 1.29 is 13.9 Å². The van der Waals surface area contributed by atoms with Gasteiger partial charge in [-0.25, -0.2) is 9.18 Å². The molecular formula is C18H24FNO2. The Kier molecular flexibility index (Phi) is 4.59. The fourth-order valence-electron chi connectivity index (χ4n) is 2.42. The van der Waals surface area contributed by atoms with Crippen LogP contribution in [0.4, 0.5) is 9.18 Å². The largest absolute Gasteiger partial charge is 0.443 e. The minimum absolute atomic E-state index is 0.292. The molecule has 2 rings (SSSR count). The molecule has 0 aliphatic rings. The van der Waals surface area contributed by atoms with Crippen LogP contribution in [0.2, 0.25) is 0 Å². The molecule has 1 unspecified atom stereocenters. The number of nitrogens with zero attached hydrogens (tertiary/aromatic N) is 1. The van der Waals surface area contributed by atoms with Crippen molar-refractivity contribution in [3.05, 3.63) is 35.8 Å². The van der Waals surface area contributed by atoms with E-state index in [2.05, 4.69) is 13.8 Å². The third kappa shape index (κ3) is 3.67. The zero-order valence-corrected chi connectivity index (χ0v) is 13.9. The molecule has 0 radical (unpaired) electrons. The SMILES string of the molecule is CCC(C)Cc1cn(C(=O)OC(C)(C)C)c2ccc(F)cc12. The fraction of sp³-hybridized carbons (Fsp3) is 0.500. The number of benzene rings is 1. The summed E-state index contributed by atoms with van der Waals surface area (Å²) in [6.45, 7) is 9.76. The van der Waals surface area contributed by atoms with Gasteiger partial charge in [-0.2, -0.15) is 0 Å². The number of hydrogen-bond donors (Lipinski definition) is 0. The Hall–Kier alpha value is -1.84. The molecule has 0 N–H and O–H groups in total. The second kappa shape index (κ2) is 6.11. The lowest BCUT2D eigenvalue weighted by Crippen LogP contribution is -2.26. The zero-order valence-electron chi connectivity index (χ0n) is 13.9. The molecule has 1 aromatic carbocycles. The van der Waals surface area contributed by atoms with Gasteiger partial charge in [-0.15, -0.1) is 0 Å². The fourth-order valence-corrected chi connectivity index (χ4v) is 2.42. The Morgan fingerprint density at radius 3 is 2.64 bits per heavy atom. The third-order valence-electron chi connectivity index (χ3n) is 3.70. The van der Waals surface area contributed by atoms with Crippen molar-refractivity contribution >= 4 is 17.0 Å². The number of ether oxygens (including phenoxy) is 1. The summed E-state index contributed by atoms with van der Waals surface area (Å²) in [6, 6.07) is 4.50. The maximum Gasteiger partial charge on any atom is 0.419 e. The van der Waals surface area contributed by atoms with Crippen LogP contribution >= 0.6 is 0 Å². The first kappa shape index (κ1) is 16.5. The molecule has 0 amide bonds. The minimum atomic E-state index is -0.565. The molecule has 0 saturated heterocycles. The predicted molar refractivity (Wildman–Crippen MR) is 86.7 cm³/mol. The highest BCUT2D eigenvalue weighted by atomic mass is 19.1. The van der Waals surface area contributed by atoms with Crippen molar-refractivity contribution in [1.29, 1.82) is 0 Å². The average Bonchev–Trinajstić information content (AvgIpc) is 2.75. The van der Waals surface area contributed by atoms with Crippen LogP contribution < -0.4 is 0 Å². The average molecular weight is 305 g/mol. The summed E-state index contributed by atoms with van der Waals surface area (Å²) in [7, 11) is 0. The van der Waals surface area contributed by atoms with E-state index in [1.807, 2.05) is 20.8 Å². The van der Waals surface area contributed by atoms with Gasteiger partial charge in [0.2, 0.25) is 0 Å². The van der Waals surface area contributed by atoms with Gasteiger partial charge in [0.25, 0.3) is 0 Å². The third-order valence-corrected chi connectivity index (χ3v) is 3.70. The van der Waals surface area contributed by atoms with Gasteiger partial charge in [-0.3, -0.25) is 4.57 Å². The molecule has 3 nitrogen and oxygen atoms in total. The maximum absolute atomic E-state index is 13.6. The van der Waals surface area contributed by atoms with Gasteiger partial charge in [-0.1, -0.05) is 20.3 Å². The van der Waals surface area contributed by atoms with Crippen LogP contribution in [0.3, 0.4) is 0 Å². The number of hydrogen-bond acceptors (Lipinski definition) is 2. The zero-order chi connectivity index (χ0) is 16.5. The lowest BCUT2D eigenvalue weighted by molar-refractivity contribution is 0.0544. The number of halogens is 1. The van der Waals surface area contributed by atoms with Crippen molar-refractivity contribution in [2.24, 2.45) is 5.92 Å². The molecule has 2 aromatic rings. The van der Waals surface area contributed by atoms with Crippen LogP contribution in [0.15, 0.2) is 24.4 Å². The molecule has 1 atom stereocenters. The van der Waals surface area contributed by atoms with E-state index in [1.54, 1.807) is 12.3 Å². The van der Waals surface area contributed by atoms with E-state index in [1.165, 1.54) is 16.7 Å². The summed E-state index contributed by atoms with van der Waals surface area (Å²) in [5, 5.41) is 0.783. The highest BCUT2D eigenvalue weighted by molar-refractivity contribution is 5.92. The van der Waals surface area contributed by atoms with Crippen molar-refractivity contribution in [3.8, 4) is 0 Å². The van der Waals surface area contributed by atoms with E-state index in [9.17, 15) is 9.18 Å². The van der Waals surface area contributed by atoms with Crippen LogP contribution in [-0.4, -0.2) is 16.3 Å². The quantitative estimate of drug-likeness (QED) is 0.785. The van der Waals surface area contributed by atoms with Gasteiger partial charge >= 0.3 is 6.09 Å². The summed E-state index contributed by atoms with van der Waals surface area (Å²) in [4.78, 5) is 12.4. The first-order valence-electron chi connectivity index (χ1n) is 7.74. The Labute approximate surface area is 131 Å². The van der Waals surface area contributed by atoms with E-state index >= 15 is 0 Å². The van der Waals surface area contributed by atoms with E-state index in [-0.39, 0.29) is 5.82 Å². The normalized spacial score (nSPS) is 13.4. The lowest BCUT2D eigenvalue weighted by atomic mass is 9.98. The Morgan fingerprint density at radius 1 is 1.36 bits per heavy atom. The molecule has 1 heterocycles. The topological polar surface area (TPSA) is 31.2 Å². The van der Waals surface area contributed by atoms with Gasteiger partial charge in [0.1, 0.15) is 11.4 Å². The molecule has 0 fully saturated rings. The highest BCUT2D eigenvalue weighted by Gasteiger charge is 2.21. The standard InChI is InChI=1S/C18H24FNO2/c1-6-12(2)9-13-11-20(17(21)22-18(3,4)5)16-8-7-14(19)10-15(13)16/h7-8,10-12H,6,9H2,1-5H3. The molecule has 0 aliphatic heterocycles. The van der Waals surface area contributed by atoms with Crippen LogP contribution in [0.25, 0.3) is 10.9 Å².